The highest BCUT2D eigenvalue weighted by atomic mass is 32.1. The van der Waals surface area contributed by atoms with Gasteiger partial charge in [0.2, 0.25) is 0 Å². The quantitative estimate of drug-likeness (QED) is 0.168. The van der Waals surface area contributed by atoms with Gasteiger partial charge in [0.05, 0.1) is 50.5 Å². The van der Waals surface area contributed by atoms with Crippen LogP contribution in [-0.4, -0.2) is 24.1 Å². The van der Waals surface area contributed by atoms with E-state index in [0.717, 1.165) is 73.0 Å². The molecule has 294 valence electrons. The average molecular weight is 822 g/mol. The smallest absolute Gasteiger partial charge is 0.0730 e. The van der Waals surface area contributed by atoms with E-state index in [1.54, 1.807) is 0 Å². The monoisotopic (exact) mass is 821 g/mol. The van der Waals surface area contributed by atoms with E-state index in [4.69, 9.17) is 9.97 Å². The normalized spacial score (nSPS) is 11.8. The van der Waals surface area contributed by atoms with E-state index in [-0.39, 0.29) is 0 Å². The van der Waals surface area contributed by atoms with Crippen molar-refractivity contribution in [3.05, 3.63) is 213 Å². The molecule has 0 fully saturated rings. The molecule has 13 rings (SSSR count). The molecule has 0 aliphatic carbocycles. The maximum Gasteiger partial charge on any atom is 0.0730 e. The molecule has 0 aliphatic heterocycles. The van der Waals surface area contributed by atoms with Crippen molar-refractivity contribution in [2.24, 2.45) is 0 Å². The first kappa shape index (κ1) is 35.6. The Morgan fingerprint density at radius 3 is 1.62 bits per heavy atom. The van der Waals surface area contributed by atoms with E-state index in [0.29, 0.717) is 0 Å². The van der Waals surface area contributed by atoms with Crippen LogP contribution >= 0.6 is 11.3 Å². The number of pyridine rings is 3. The fourth-order valence-corrected chi connectivity index (χ4v) is 10.5. The molecule has 5 nitrogen and oxygen atoms in total. The lowest BCUT2D eigenvalue weighted by Crippen LogP contribution is -1.98. The maximum atomic E-state index is 5.36. The summed E-state index contributed by atoms with van der Waals surface area (Å²) < 4.78 is 7.30. The van der Waals surface area contributed by atoms with Crippen molar-refractivity contribution in [3.8, 4) is 56.4 Å². The first-order valence-electron chi connectivity index (χ1n) is 21.2. The van der Waals surface area contributed by atoms with Gasteiger partial charge in [-0.05, 0) is 78.9 Å². The van der Waals surface area contributed by atoms with Gasteiger partial charge in [-0.25, -0.2) is 9.97 Å². The Morgan fingerprint density at radius 2 is 0.889 bits per heavy atom. The van der Waals surface area contributed by atoms with Crippen LogP contribution in [0.2, 0.25) is 0 Å². The summed E-state index contributed by atoms with van der Waals surface area (Å²) in [5.41, 5.74) is 14.8. The molecule has 0 saturated carbocycles. The van der Waals surface area contributed by atoms with E-state index < -0.39 is 0 Å². The van der Waals surface area contributed by atoms with Crippen molar-refractivity contribution >= 4 is 75.1 Å². The fraction of sp³-hybridized carbons (Fsp3) is 0. The molecular formula is C57H35N5S. The molecule has 0 unspecified atom stereocenters. The first-order chi connectivity index (χ1) is 31.2. The minimum absolute atomic E-state index is 0.921. The van der Waals surface area contributed by atoms with Gasteiger partial charge in [-0.1, -0.05) is 121 Å². The van der Waals surface area contributed by atoms with E-state index >= 15 is 0 Å². The molecule has 0 saturated heterocycles. The molecule has 0 atom stereocenters. The summed E-state index contributed by atoms with van der Waals surface area (Å²) in [4.78, 5) is 15.0. The van der Waals surface area contributed by atoms with E-state index in [2.05, 4.69) is 202 Å². The number of aromatic nitrogens is 5. The number of thiophene rings is 1. The standard InChI is InChI=1S/C57H35N5S/c1-3-12-36(13-4-1)50-33-41(34-51(60-50)37-14-5-2-6-15-37)62-52-20-9-7-16-42(52)44-25-22-39(31-55(44)62)49-19-11-18-48(59-49)38-23-26-54-45(30-38)43-17-8-10-21-53(43)61(54)40-24-27-56-46(32-40)47-35-58-29-28-57(47)63-56/h1-35H. The molecule has 63 heavy (non-hydrogen) atoms. The predicted molar refractivity (Wildman–Crippen MR) is 263 cm³/mol. The highest BCUT2D eigenvalue weighted by Gasteiger charge is 2.18. The second-order valence-corrected chi connectivity index (χ2v) is 17.1. The molecule has 0 radical (unpaired) electrons. The summed E-state index contributed by atoms with van der Waals surface area (Å²) in [6.07, 6.45) is 3.86. The zero-order valence-electron chi connectivity index (χ0n) is 33.9. The maximum absolute atomic E-state index is 5.36. The molecule has 0 bridgehead atoms. The lowest BCUT2D eigenvalue weighted by molar-refractivity contribution is 1.16. The first-order valence-corrected chi connectivity index (χ1v) is 22.0. The third-order valence-electron chi connectivity index (χ3n) is 12.4. The van der Waals surface area contributed by atoms with Crippen molar-refractivity contribution in [1.29, 1.82) is 0 Å². The second kappa shape index (κ2) is 14.2. The summed E-state index contributed by atoms with van der Waals surface area (Å²) in [7, 11) is 0. The van der Waals surface area contributed by atoms with Crippen molar-refractivity contribution in [1.82, 2.24) is 24.1 Å². The molecular weight excluding hydrogens is 787 g/mol. The Labute approximate surface area is 366 Å². The summed E-state index contributed by atoms with van der Waals surface area (Å²) in [5.74, 6) is 0. The third-order valence-corrected chi connectivity index (χ3v) is 13.6. The van der Waals surface area contributed by atoms with Gasteiger partial charge < -0.3 is 9.13 Å². The molecule has 0 spiro atoms. The lowest BCUT2D eigenvalue weighted by atomic mass is 10.0. The lowest BCUT2D eigenvalue weighted by Gasteiger charge is -2.14. The molecule has 7 aromatic carbocycles. The van der Waals surface area contributed by atoms with Gasteiger partial charge in [0.15, 0.2) is 0 Å². The Morgan fingerprint density at radius 1 is 0.317 bits per heavy atom. The van der Waals surface area contributed by atoms with Crippen LogP contribution in [0.5, 0.6) is 0 Å². The number of fused-ring (bicyclic) bond motifs is 9. The van der Waals surface area contributed by atoms with Crippen molar-refractivity contribution in [2.75, 3.05) is 0 Å². The van der Waals surface area contributed by atoms with Crippen LogP contribution in [0.4, 0.5) is 0 Å². The molecule has 6 heteroatoms. The van der Waals surface area contributed by atoms with Gasteiger partial charge >= 0.3 is 0 Å². The van der Waals surface area contributed by atoms with Crippen LogP contribution in [0, 0.1) is 0 Å². The summed E-state index contributed by atoms with van der Waals surface area (Å²) in [6, 6.07) is 71.5. The Hall–Kier alpha value is -8.19. The molecule has 13 aromatic rings. The average Bonchev–Trinajstić information content (AvgIpc) is 4.01. The number of nitrogens with zero attached hydrogens (tertiary/aromatic N) is 5. The summed E-state index contributed by atoms with van der Waals surface area (Å²) >= 11 is 1.81. The Bertz CT molecular complexity index is 3860. The van der Waals surface area contributed by atoms with Gasteiger partial charge in [-0.3, -0.25) is 4.98 Å². The van der Waals surface area contributed by atoms with Gasteiger partial charge in [-0.15, -0.1) is 11.3 Å². The number of hydrogen-bond donors (Lipinski definition) is 0. The Kier molecular flexibility index (Phi) is 8.01. The predicted octanol–water partition coefficient (Wildman–Crippen LogP) is 15.1. The molecule has 6 heterocycles. The number of para-hydroxylation sites is 2. The molecule has 0 N–H and O–H groups in total. The van der Waals surface area contributed by atoms with E-state index in [9.17, 15) is 0 Å². The number of benzene rings is 7. The van der Waals surface area contributed by atoms with Gasteiger partial charge in [0.1, 0.15) is 0 Å². The summed E-state index contributed by atoms with van der Waals surface area (Å²) in [6.45, 7) is 0. The largest absolute Gasteiger partial charge is 0.309 e. The fourth-order valence-electron chi connectivity index (χ4n) is 9.48. The number of hydrogen-bond acceptors (Lipinski definition) is 4. The van der Waals surface area contributed by atoms with Gasteiger partial charge in [0.25, 0.3) is 0 Å². The highest BCUT2D eigenvalue weighted by Crippen LogP contribution is 2.40. The van der Waals surface area contributed by atoms with Crippen LogP contribution in [0.1, 0.15) is 0 Å². The van der Waals surface area contributed by atoms with E-state index in [1.807, 2.05) is 35.9 Å². The van der Waals surface area contributed by atoms with Crippen LogP contribution in [0.15, 0.2) is 213 Å². The Balaban J connectivity index is 0.942. The van der Waals surface area contributed by atoms with Crippen molar-refractivity contribution < 1.29 is 0 Å². The van der Waals surface area contributed by atoms with Crippen LogP contribution in [0.3, 0.4) is 0 Å². The zero-order chi connectivity index (χ0) is 41.4. The van der Waals surface area contributed by atoms with Crippen LogP contribution in [-0.2, 0) is 0 Å². The summed E-state index contributed by atoms with van der Waals surface area (Å²) in [5, 5.41) is 7.23. The van der Waals surface area contributed by atoms with Gasteiger partial charge in [-0.2, -0.15) is 0 Å². The molecule has 6 aromatic heterocycles. The zero-order valence-corrected chi connectivity index (χ0v) is 34.7. The second-order valence-electron chi connectivity index (χ2n) is 16.1. The minimum Gasteiger partial charge on any atom is -0.309 e. The van der Waals surface area contributed by atoms with Crippen molar-refractivity contribution in [3.63, 3.8) is 0 Å². The highest BCUT2D eigenvalue weighted by molar-refractivity contribution is 7.25. The van der Waals surface area contributed by atoms with Crippen molar-refractivity contribution in [2.45, 2.75) is 0 Å². The molecule has 0 amide bonds. The van der Waals surface area contributed by atoms with Crippen LogP contribution < -0.4 is 0 Å². The topological polar surface area (TPSA) is 48.5 Å². The van der Waals surface area contributed by atoms with E-state index in [1.165, 1.54) is 47.2 Å². The number of rotatable bonds is 6. The minimum atomic E-state index is 0.921. The third kappa shape index (κ3) is 5.80. The SMILES string of the molecule is c1ccc(-c2cc(-n3c4ccccc4c4ccc(-c5cccc(-c6ccc7c(c6)c6ccccc6n7-c6ccc7sc8ccncc8c7c6)n5)cc43)cc(-c3ccccc3)n2)cc1. The van der Waals surface area contributed by atoms with Crippen LogP contribution in [0.25, 0.3) is 120 Å². The molecule has 0 aliphatic rings. The van der Waals surface area contributed by atoms with Gasteiger partial charge in [0, 0.05) is 82.1 Å².